The monoisotopic (exact) mass is 289 g/mol. The van der Waals surface area contributed by atoms with Gasteiger partial charge in [0.05, 0.1) is 29.5 Å². The summed E-state index contributed by atoms with van der Waals surface area (Å²) in [7, 11) is 1.47. The summed E-state index contributed by atoms with van der Waals surface area (Å²) in [6.45, 7) is 0. The summed E-state index contributed by atoms with van der Waals surface area (Å²) in [5.74, 6) is -0.768. The largest absolute Gasteiger partial charge is 0.481 e. The average molecular weight is 289 g/mol. The molecule has 2 N–H and O–H groups in total. The molecule has 8 nitrogen and oxygen atoms in total. The Balaban J connectivity index is 2.37. The lowest BCUT2D eigenvalue weighted by Crippen LogP contribution is -2.02. The second-order valence-corrected chi connectivity index (χ2v) is 4.01. The molecule has 0 aliphatic heterocycles. The highest BCUT2D eigenvalue weighted by molar-refractivity contribution is 5.90. The molecule has 0 bridgehead atoms. The third-order valence-electron chi connectivity index (χ3n) is 2.66. The van der Waals surface area contributed by atoms with Crippen molar-refractivity contribution in [2.45, 2.75) is 0 Å². The van der Waals surface area contributed by atoms with Crippen molar-refractivity contribution in [2.75, 3.05) is 12.4 Å². The predicted molar refractivity (Wildman–Crippen MR) is 74.1 cm³/mol. The highest BCUT2D eigenvalue weighted by Gasteiger charge is 2.16. The Morgan fingerprint density at radius 1 is 1.38 bits per heavy atom. The second kappa shape index (κ2) is 5.87. The zero-order chi connectivity index (χ0) is 15.4. The molecule has 0 atom stereocenters. The van der Waals surface area contributed by atoms with E-state index in [4.69, 9.17) is 9.84 Å². The summed E-state index contributed by atoms with van der Waals surface area (Å²) >= 11 is 0. The zero-order valence-electron chi connectivity index (χ0n) is 10.9. The fourth-order valence-electron chi connectivity index (χ4n) is 1.66. The molecule has 0 saturated heterocycles. The van der Waals surface area contributed by atoms with Gasteiger partial charge in [-0.1, -0.05) is 0 Å². The molecule has 2 aromatic rings. The van der Waals surface area contributed by atoms with Crippen molar-refractivity contribution in [1.29, 1.82) is 0 Å². The highest BCUT2D eigenvalue weighted by Crippen LogP contribution is 2.28. The molecule has 8 heteroatoms. The first-order valence-corrected chi connectivity index (χ1v) is 5.80. The quantitative estimate of drug-likeness (QED) is 0.641. The van der Waals surface area contributed by atoms with Crippen LogP contribution in [0.5, 0.6) is 5.88 Å². The number of nitro benzene ring substituents is 1. The van der Waals surface area contributed by atoms with Gasteiger partial charge in [0.1, 0.15) is 5.69 Å². The first-order valence-electron chi connectivity index (χ1n) is 5.80. The number of aromatic nitrogens is 1. The van der Waals surface area contributed by atoms with Crippen LogP contribution in [0, 0.1) is 10.1 Å². The minimum Gasteiger partial charge on any atom is -0.481 e. The molecular formula is C13H11N3O5. The number of pyridine rings is 1. The summed E-state index contributed by atoms with van der Waals surface area (Å²) in [5.41, 5.74) is 0.272. The number of ether oxygens (including phenoxy) is 1. The standard InChI is InChI=1S/C13H11N3O5/c1-21-12-5-3-9(7-14-12)15-10-6-8(13(17)18)2-4-11(10)16(19)20/h2-7,15H,1H3,(H,17,18). The number of carbonyl (C=O) groups is 1. The second-order valence-electron chi connectivity index (χ2n) is 4.01. The maximum absolute atomic E-state index is 11.0. The average Bonchev–Trinajstić information content (AvgIpc) is 2.47. The van der Waals surface area contributed by atoms with Crippen LogP contribution >= 0.6 is 0 Å². The van der Waals surface area contributed by atoms with E-state index >= 15 is 0 Å². The summed E-state index contributed by atoms with van der Waals surface area (Å²) in [4.78, 5) is 25.3. The number of anilines is 2. The van der Waals surface area contributed by atoms with Gasteiger partial charge in [-0.3, -0.25) is 10.1 Å². The molecule has 0 amide bonds. The molecule has 108 valence electrons. The Morgan fingerprint density at radius 2 is 2.14 bits per heavy atom. The number of nitrogens with one attached hydrogen (secondary N) is 1. The van der Waals surface area contributed by atoms with Crippen LogP contribution in [0.1, 0.15) is 10.4 Å². The van der Waals surface area contributed by atoms with Gasteiger partial charge in [0.2, 0.25) is 5.88 Å². The van der Waals surface area contributed by atoms with Gasteiger partial charge in [0.15, 0.2) is 0 Å². The Labute approximate surface area is 119 Å². The molecule has 2 rings (SSSR count). The first-order chi connectivity index (χ1) is 10.0. The molecule has 0 spiro atoms. The zero-order valence-corrected chi connectivity index (χ0v) is 10.9. The molecule has 0 aliphatic carbocycles. The molecule has 1 aromatic carbocycles. The van der Waals surface area contributed by atoms with Gasteiger partial charge >= 0.3 is 5.97 Å². The van der Waals surface area contributed by atoms with Gasteiger partial charge in [0, 0.05) is 12.1 Å². The van der Waals surface area contributed by atoms with Gasteiger partial charge < -0.3 is 15.2 Å². The Kier molecular flexibility index (Phi) is 3.98. The summed E-state index contributed by atoms with van der Waals surface area (Å²) in [5, 5.41) is 22.7. The van der Waals surface area contributed by atoms with E-state index in [-0.39, 0.29) is 16.9 Å². The maximum Gasteiger partial charge on any atom is 0.335 e. The normalized spacial score (nSPS) is 9.95. The maximum atomic E-state index is 11.0. The molecule has 0 aliphatic rings. The number of hydrogen-bond acceptors (Lipinski definition) is 6. The fraction of sp³-hybridized carbons (Fsp3) is 0.0769. The number of carboxylic acids is 1. The number of aromatic carboxylic acids is 1. The molecule has 0 radical (unpaired) electrons. The topological polar surface area (TPSA) is 115 Å². The van der Waals surface area contributed by atoms with Crippen LogP contribution in [-0.4, -0.2) is 28.1 Å². The minimum absolute atomic E-state index is 0.0513. The predicted octanol–water partition coefficient (Wildman–Crippen LogP) is 2.44. The lowest BCUT2D eigenvalue weighted by atomic mass is 10.1. The van der Waals surface area contributed by atoms with Gasteiger partial charge in [-0.05, 0) is 18.2 Å². The van der Waals surface area contributed by atoms with Crippen LogP contribution < -0.4 is 10.1 Å². The smallest absolute Gasteiger partial charge is 0.335 e. The van der Waals surface area contributed by atoms with Crippen LogP contribution in [0.4, 0.5) is 17.1 Å². The third kappa shape index (κ3) is 3.24. The van der Waals surface area contributed by atoms with Crippen molar-refractivity contribution >= 4 is 23.0 Å². The van der Waals surface area contributed by atoms with Crippen molar-refractivity contribution < 1.29 is 19.6 Å². The molecule has 0 unspecified atom stereocenters. The molecule has 0 fully saturated rings. The number of nitro groups is 1. The molecule has 1 aromatic heterocycles. The number of methoxy groups -OCH3 is 1. The van der Waals surface area contributed by atoms with E-state index in [2.05, 4.69) is 10.3 Å². The third-order valence-corrected chi connectivity index (χ3v) is 2.66. The van der Waals surface area contributed by atoms with Crippen LogP contribution in [0.3, 0.4) is 0 Å². The Hall–Kier alpha value is -3.16. The van der Waals surface area contributed by atoms with E-state index < -0.39 is 10.9 Å². The Morgan fingerprint density at radius 3 is 2.67 bits per heavy atom. The van der Waals surface area contributed by atoms with Gasteiger partial charge in [-0.25, -0.2) is 9.78 Å². The van der Waals surface area contributed by atoms with E-state index in [9.17, 15) is 14.9 Å². The Bertz CT molecular complexity index is 685. The summed E-state index contributed by atoms with van der Waals surface area (Å²) < 4.78 is 4.91. The van der Waals surface area contributed by atoms with Gasteiger partial charge in [-0.15, -0.1) is 0 Å². The van der Waals surface area contributed by atoms with Crippen LogP contribution in [0.2, 0.25) is 0 Å². The lowest BCUT2D eigenvalue weighted by Gasteiger charge is -2.08. The van der Waals surface area contributed by atoms with Crippen LogP contribution in [0.15, 0.2) is 36.5 Å². The van der Waals surface area contributed by atoms with Crippen LogP contribution in [-0.2, 0) is 0 Å². The van der Waals surface area contributed by atoms with E-state index in [0.717, 1.165) is 6.07 Å². The van der Waals surface area contributed by atoms with Gasteiger partial charge in [0.25, 0.3) is 5.69 Å². The summed E-state index contributed by atoms with van der Waals surface area (Å²) in [6.07, 6.45) is 1.43. The van der Waals surface area contributed by atoms with E-state index in [1.807, 2.05) is 0 Å². The number of rotatable bonds is 5. The van der Waals surface area contributed by atoms with Crippen molar-refractivity contribution in [1.82, 2.24) is 4.98 Å². The number of hydrogen-bond donors (Lipinski definition) is 2. The summed E-state index contributed by atoms with van der Waals surface area (Å²) in [6, 6.07) is 6.71. The molecular weight excluding hydrogens is 278 g/mol. The van der Waals surface area contributed by atoms with Crippen LogP contribution in [0.25, 0.3) is 0 Å². The first kappa shape index (κ1) is 14.3. The lowest BCUT2D eigenvalue weighted by molar-refractivity contribution is -0.383. The van der Waals surface area contributed by atoms with E-state index in [1.54, 1.807) is 12.1 Å². The fourth-order valence-corrected chi connectivity index (χ4v) is 1.66. The molecule has 1 heterocycles. The van der Waals surface area contributed by atoms with Crippen molar-refractivity contribution in [3.8, 4) is 5.88 Å². The number of carboxylic acid groups (broad SMARTS) is 1. The van der Waals surface area contributed by atoms with Crippen molar-refractivity contribution in [2.24, 2.45) is 0 Å². The highest BCUT2D eigenvalue weighted by atomic mass is 16.6. The van der Waals surface area contributed by atoms with Gasteiger partial charge in [-0.2, -0.15) is 0 Å². The minimum atomic E-state index is -1.17. The van der Waals surface area contributed by atoms with Crippen molar-refractivity contribution in [3.63, 3.8) is 0 Å². The molecule has 0 saturated carbocycles. The number of benzene rings is 1. The van der Waals surface area contributed by atoms with Crippen molar-refractivity contribution in [3.05, 3.63) is 52.2 Å². The van der Waals surface area contributed by atoms with E-state index in [0.29, 0.717) is 11.6 Å². The SMILES string of the molecule is COc1ccc(Nc2cc(C(=O)O)ccc2[N+](=O)[O-])cn1. The van der Waals surface area contributed by atoms with E-state index in [1.165, 1.54) is 25.4 Å². The number of nitrogens with zero attached hydrogens (tertiary/aromatic N) is 2. The molecule has 21 heavy (non-hydrogen) atoms.